The number of carbonyl (C=O) groups is 3. The average Bonchev–Trinajstić information content (AvgIpc) is 2.92. The lowest BCUT2D eigenvalue weighted by Gasteiger charge is -2.25. The Bertz CT molecular complexity index is 749. The molecule has 1 aromatic carbocycles. The second kappa shape index (κ2) is 10.4. The highest BCUT2D eigenvalue weighted by Crippen LogP contribution is 2.30. The lowest BCUT2D eigenvalue weighted by Crippen LogP contribution is -2.45. The van der Waals surface area contributed by atoms with Gasteiger partial charge >= 0.3 is 12.6 Å². The van der Waals surface area contributed by atoms with Gasteiger partial charge in [0.05, 0.1) is 0 Å². The Labute approximate surface area is 175 Å². The van der Waals surface area contributed by atoms with Crippen LogP contribution in [0.3, 0.4) is 0 Å². The quantitative estimate of drug-likeness (QED) is 0.551. The van der Waals surface area contributed by atoms with E-state index in [2.05, 4.69) is 10.1 Å². The topological polar surface area (TPSA) is 79.0 Å². The van der Waals surface area contributed by atoms with Gasteiger partial charge in [0.1, 0.15) is 17.8 Å². The van der Waals surface area contributed by atoms with E-state index in [0.717, 1.165) is 30.6 Å². The number of imide groups is 1. The summed E-state index contributed by atoms with van der Waals surface area (Å²) < 4.78 is 29.0. The molecule has 2 rings (SSSR count). The molecule has 1 heterocycles. The zero-order valence-electron chi connectivity index (χ0n) is 17.6. The first-order valence-electron chi connectivity index (χ1n) is 10.2. The largest absolute Gasteiger partial charge is 0.435 e. The number of benzene rings is 1. The molecule has 4 amide bonds. The Morgan fingerprint density at radius 2 is 1.70 bits per heavy atom. The van der Waals surface area contributed by atoms with Crippen LogP contribution in [0.2, 0.25) is 0 Å². The van der Waals surface area contributed by atoms with Crippen molar-refractivity contribution in [1.29, 1.82) is 0 Å². The molecular weight excluding hydrogens is 396 g/mol. The molecule has 0 saturated carbocycles. The van der Waals surface area contributed by atoms with Crippen molar-refractivity contribution in [1.82, 2.24) is 15.1 Å². The summed E-state index contributed by atoms with van der Waals surface area (Å²) in [7, 11) is 0. The van der Waals surface area contributed by atoms with Crippen LogP contribution in [-0.2, 0) is 15.1 Å². The molecule has 0 aliphatic carbocycles. The number of nitrogens with one attached hydrogen (secondary N) is 1. The normalized spacial score (nSPS) is 18.7. The van der Waals surface area contributed by atoms with Crippen molar-refractivity contribution in [3.05, 3.63) is 29.8 Å². The number of carbonyl (C=O) groups excluding carboxylic acids is 3. The van der Waals surface area contributed by atoms with Crippen molar-refractivity contribution in [3.8, 4) is 5.75 Å². The molecule has 0 unspecified atom stereocenters. The van der Waals surface area contributed by atoms with E-state index in [1.807, 2.05) is 13.8 Å². The second-order valence-electron chi connectivity index (χ2n) is 7.44. The van der Waals surface area contributed by atoms with Crippen LogP contribution < -0.4 is 10.1 Å². The van der Waals surface area contributed by atoms with Crippen molar-refractivity contribution in [2.24, 2.45) is 0 Å². The van der Waals surface area contributed by atoms with Crippen LogP contribution in [0.4, 0.5) is 13.6 Å². The molecule has 0 spiro atoms. The monoisotopic (exact) mass is 425 g/mol. The maximum Gasteiger partial charge on any atom is 0.387 e. The zero-order chi connectivity index (χ0) is 22.3. The van der Waals surface area contributed by atoms with Crippen LogP contribution in [-0.4, -0.2) is 53.9 Å². The van der Waals surface area contributed by atoms with Crippen molar-refractivity contribution >= 4 is 17.8 Å². The molecule has 30 heavy (non-hydrogen) atoms. The van der Waals surface area contributed by atoms with Gasteiger partial charge in [0.2, 0.25) is 5.91 Å². The SMILES string of the molecule is CCCCN(CCCC)C(=O)CN1C(=O)N[C@@](C)(c2ccc(OC(F)F)cc2)C1=O. The minimum atomic E-state index is -2.95. The summed E-state index contributed by atoms with van der Waals surface area (Å²) in [6.07, 6.45) is 3.56. The minimum Gasteiger partial charge on any atom is -0.435 e. The van der Waals surface area contributed by atoms with Crippen LogP contribution in [0.15, 0.2) is 24.3 Å². The van der Waals surface area contributed by atoms with Gasteiger partial charge in [-0.05, 0) is 37.5 Å². The van der Waals surface area contributed by atoms with Gasteiger partial charge in [-0.3, -0.25) is 14.5 Å². The highest BCUT2D eigenvalue weighted by atomic mass is 19.3. The summed E-state index contributed by atoms with van der Waals surface area (Å²) in [4.78, 5) is 40.8. The first-order valence-corrected chi connectivity index (χ1v) is 10.2. The Morgan fingerprint density at radius 3 is 2.20 bits per heavy atom. The standard InChI is InChI=1S/C21H29F2N3O4/c1-4-6-12-25(13-7-5-2)17(27)14-26-18(28)21(3,24-20(26)29)15-8-10-16(11-9-15)30-19(22)23/h8-11,19H,4-7,12-14H2,1-3H3,(H,24,29)/t21-/m0/s1. The predicted molar refractivity (Wildman–Crippen MR) is 107 cm³/mol. The third-order valence-electron chi connectivity index (χ3n) is 5.14. The zero-order valence-corrected chi connectivity index (χ0v) is 17.6. The number of halogens is 2. The minimum absolute atomic E-state index is 0.0522. The van der Waals surface area contributed by atoms with Crippen LogP contribution in [0.5, 0.6) is 5.75 Å². The Balaban J connectivity index is 2.13. The predicted octanol–water partition coefficient (Wildman–Crippen LogP) is 3.48. The van der Waals surface area contributed by atoms with E-state index >= 15 is 0 Å². The molecule has 1 saturated heterocycles. The van der Waals surface area contributed by atoms with Crippen LogP contribution in [0.25, 0.3) is 0 Å². The van der Waals surface area contributed by atoms with Crippen LogP contribution in [0.1, 0.15) is 52.0 Å². The third kappa shape index (κ3) is 5.46. The lowest BCUT2D eigenvalue weighted by atomic mass is 9.92. The van der Waals surface area contributed by atoms with E-state index < -0.39 is 24.1 Å². The molecular formula is C21H29F2N3O4. The number of ether oxygens (including phenoxy) is 1. The molecule has 1 N–H and O–H groups in total. The molecule has 0 radical (unpaired) electrons. The number of urea groups is 1. The Kier molecular flexibility index (Phi) is 8.14. The first-order chi connectivity index (χ1) is 14.2. The lowest BCUT2D eigenvalue weighted by molar-refractivity contribution is -0.139. The Morgan fingerprint density at radius 1 is 1.13 bits per heavy atom. The van der Waals surface area contributed by atoms with Crippen LogP contribution in [0, 0.1) is 0 Å². The molecule has 7 nitrogen and oxygen atoms in total. The van der Waals surface area contributed by atoms with Crippen molar-refractivity contribution in [3.63, 3.8) is 0 Å². The number of hydrogen-bond acceptors (Lipinski definition) is 4. The molecule has 9 heteroatoms. The summed E-state index contributed by atoms with van der Waals surface area (Å²) in [6.45, 7) is 3.46. The van der Waals surface area contributed by atoms with E-state index in [0.29, 0.717) is 18.7 Å². The molecule has 166 valence electrons. The van der Waals surface area contributed by atoms with Crippen molar-refractivity contribution < 1.29 is 27.9 Å². The van der Waals surface area contributed by atoms with Gasteiger partial charge in [-0.1, -0.05) is 38.8 Å². The molecule has 1 aliphatic heterocycles. The van der Waals surface area contributed by atoms with Gasteiger partial charge in [0.15, 0.2) is 0 Å². The average molecular weight is 425 g/mol. The summed E-state index contributed by atoms with van der Waals surface area (Å²) in [5.41, 5.74) is -0.982. The number of rotatable bonds is 11. The molecule has 1 aliphatic rings. The van der Waals surface area contributed by atoms with E-state index in [-0.39, 0.29) is 18.2 Å². The summed E-state index contributed by atoms with van der Waals surface area (Å²) in [6, 6.07) is 4.83. The fourth-order valence-corrected chi connectivity index (χ4v) is 3.30. The van der Waals surface area contributed by atoms with E-state index in [1.54, 1.807) is 4.90 Å². The maximum absolute atomic E-state index is 13.0. The van der Waals surface area contributed by atoms with E-state index in [4.69, 9.17) is 0 Å². The fraction of sp³-hybridized carbons (Fsp3) is 0.571. The van der Waals surface area contributed by atoms with Gasteiger partial charge < -0.3 is 15.0 Å². The van der Waals surface area contributed by atoms with E-state index in [9.17, 15) is 23.2 Å². The van der Waals surface area contributed by atoms with Crippen molar-refractivity contribution in [2.75, 3.05) is 19.6 Å². The number of nitrogens with zero attached hydrogens (tertiary/aromatic N) is 2. The van der Waals surface area contributed by atoms with Crippen LogP contribution >= 0.6 is 0 Å². The summed E-state index contributed by atoms with van der Waals surface area (Å²) >= 11 is 0. The van der Waals surface area contributed by atoms with Gasteiger partial charge in [-0.25, -0.2) is 4.79 Å². The Hall–Kier alpha value is -2.71. The number of amides is 4. The fourth-order valence-electron chi connectivity index (χ4n) is 3.30. The summed E-state index contributed by atoms with van der Waals surface area (Å²) in [5.74, 6) is -0.886. The molecule has 1 aromatic rings. The van der Waals surface area contributed by atoms with E-state index in [1.165, 1.54) is 31.2 Å². The molecule has 1 atom stereocenters. The highest BCUT2D eigenvalue weighted by Gasteiger charge is 2.49. The maximum atomic E-state index is 13.0. The summed E-state index contributed by atoms with van der Waals surface area (Å²) in [5, 5.41) is 2.62. The van der Waals surface area contributed by atoms with Gasteiger partial charge in [0.25, 0.3) is 5.91 Å². The second-order valence-corrected chi connectivity index (χ2v) is 7.44. The highest BCUT2D eigenvalue weighted by molar-refractivity contribution is 6.09. The third-order valence-corrected chi connectivity index (χ3v) is 5.14. The van der Waals surface area contributed by atoms with Gasteiger partial charge in [0, 0.05) is 13.1 Å². The van der Waals surface area contributed by atoms with Gasteiger partial charge in [-0.15, -0.1) is 0 Å². The number of hydrogen-bond donors (Lipinski definition) is 1. The molecule has 0 bridgehead atoms. The number of unbranched alkanes of at least 4 members (excludes halogenated alkanes) is 2. The molecule has 1 fully saturated rings. The first kappa shape index (κ1) is 23.6. The molecule has 0 aromatic heterocycles. The van der Waals surface area contributed by atoms with Gasteiger partial charge in [-0.2, -0.15) is 8.78 Å². The smallest absolute Gasteiger partial charge is 0.387 e. The number of alkyl halides is 2. The van der Waals surface area contributed by atoms with Crippen molar-refractivity contribution in [2.45, 2.75) is 58.6 Å².